The number of nitrogens with zero attached hydrogens (tertiary/aromatic N) is 1. The third-order valence-corrected chi connectivity index (χ3v) is 1.82. The maximum atomic E-state index is 11.8. The summed E-state index contributed by atoms with van der Waals surface area (Å²) in [6.45, 7) is -4.47. The smallest absolute Gasteiger partial charge is 0.448 e. The summed E-state index contributed by atoms with van der Waals surface area (Å²) in [4.78, 5) is 11.6. The largest absolute Gasteiger partial charge is 1.00 e. The Kier molecular flexibility index (Phi) is 5.49. The summed E-state index contributed by atoms with van der Waals surface area (Å²) < 4.78 is 35.3. The second-order valence-corrected chi connectivity index (χ2v) is 3.03. The van der Waals surface area contributed by atoms with Crippen LogP contribution in [0.4, 0.5) is 12.9 Å². The van der Waals surface area contributed by atoms with E-state index in [1.54, 1.807) is 0 Å². The predicted molar refractivity (Wildman–Crippen MR) is 38.2 cm³/mol. The van der Waals surface area contributed by atoms with Gasteiger partial charge in [0.2, 0.25) is 5.91 Å². The molecule has 0 aromatic carbocycles. The maximum Gasteiger partial charge on any atom is 1.00 e. The first kappa shape index (κ1) is 13.9. The summed E-state index contributed by atoms with van der Waals surface area (Å²) in [6, 6.07) is 0. The Hall–Kier alpha value is 0.921. The van der Waals surface area contributed by atoms with Crippen molar-refractivity contribution in [1.82, 2.24) is 4.90 Å². The molecule has 1 rings (SSSR count). The van der Waals surface area contributed by atoms with Crippen molar-refractivity contribution in [3.05, 3.63) is 0 Å². The van der Waals surface area contributed by atoms with Crippen LogP contribution in [-0.2, 0) is 4.79 Å². The Morgan fingerprint density at radius 2 is 1.92 bits per heavy atom. The van der Waals surface area contributed by atoms with E-state index in [0.29, 0.717) is 0 Å². The topological polar surface area (TPSA) is 46.3 Å². The van der Waals surface area contributed by atoms with Crippen LogP contribution in [0, 0.1) is 5.92 Å². The molecule has 0 aliphatic carbocycles. The fourth-order valence-corrected chi connectivity index (χ4v) is 1.19. The number of likely N-dealkylation sites (tertiary alicyclic amines) is 1. The van der Waals surface area contributed by atoms with E-state index in [1.807, 2.05) is 0 Å². The molecule has 0 spiro atoms. The Bertz CT molecular complexity index is 195. The Labute approximate surface area is 117 Å². The molecule has 0 saturated carbocycles. The summed E-state index contributed by atoms with van der Waals surface area (Å²) in [7, 11) is 0. The van der Waals surface area contributed by atoms with Gasteiger partial charge < -0.3 is 23.6 Å². The van der Waals surface area contributed by atoms with Crippen LogP contribution in [0.15, 0.2) is 0 Å². The van der Waals surface area contributed by atoms with Crippen LogP contribution in [0.5, 0.6) is 0 Å². The van der Waals surface area contributed by atoms with Gasteiger partial charge in [0.1, 0.15) is 0 Å². The molecule has 0 atom stereocenters. The molecule has 1 saturated heterocycles. The molecule has 3 nitrogen and oxygen atoms in total. The van der Waals surface area contributed by atoms with Crippen molar-refractivity contribution in [2.24, 2.45) is 11.7 Å². The number of amides is 1. The monoisotopic (exact) mass is 220 g/mol. The second-order valence-electron chi connectivity index (χ2n) is 3.03. The van der Waals surface area contributed by atoms with Gasteiger partial charge in [-0.05, 0) is 6.44 Å². The molecule has 0 aromatic rings. The molecule has 0 bridgehead atoms. The molecule has 1 aliphatic rings. The molecule has 0 aromatic heterocycles. The van der Waals surface area contributed by atoms with Crippen LogP contribution in [0.25, 0.3) is 0 Å². The van der Waals surface area contributed by atoms with Gasteiger partial charge in [-0.25, -0.2) is 0 Å². The third-order valence-electron chi connectivity index (χ3n) is 1.82. The zero-order valence-electron chi connectivity index (χ0n) is 7.34. The molecule has 0 unspecified atom stereocenters. The first-order valence-corrected chi connectivity index (χ1v) is 3.61. The number of hydrogen-bond donors (Lipinski definition) is 1. The number of halogens is 3. The van der Waals surface area contributed by atoms with Gasteiger partial charge in [-0.2, -0.15) is 0 Å². The number of carbonyl (C=O) groups is 1. The van der Waals surface area contributed by atoms with E-state index < -0.39 is 19.3 Å². The summed E-state index contributed by atoms with van der Waals surface area (Å²) in [5.41, 5.74) is 4.88. The minimum absolute atomic E-state index is 0. The summed E-state index contributed by atoms with van der Waals surface area (Å²) in [5.74, 6) is -0.899. The van der Waals surface area contributed by atoms with Crippen LogP contribution >= 0.6 is 0 Å². The van der Waals surface area contributed by atoms with Crippen molar-refractivity contribution in [3.8, 4) is 0 Å². The molecule has 8 heteroatoms. The van der Waals surface area contributed by atoms with Gasteiger partial charge in [0.15, 0.2) is 0 Å². The summed E-state index contributed by atoms with van der Waals surface area (Å²) in [5, 5.41) is 0. The number of rotatable bonds is 3. The third kappa shape index (κ3) is 4.80. The van der Waals surface area contributed by atoms with Gasteiger partial charge in [-0.15, -0.1) is 0 Å². The first-order valence-electron chi connectivity index (χ1n) is 3.61. The van der Waals surface area contributed by atoms with Crippen molar-refractivity contribution < 1.29 is 69.1 Å². The zero-order valence-corrected chi connectivity index (χ0v) is 10.5. The average Bonchev–Trinajstić information content (AvgIpc) is 1.74. The van der Waals surface area contributed by atoms with Gasteiger partial charge in [-0.3, -0.25) is 4.79 Å². The van der Waals surface area contributed by atoms with Crippen LogP contribution in [0.1, 0.15) is 0 Å². The van der Waals surface area contributed by atoms with Crippen LogP contribution in [0.3, 0.4) is 0 Å². The second kappa shape index (κ2) is 5.13. The minimum Gasteiger partial charge on any atom is -0.448 e. The first-order chi connectivity index (χ1) is 5.38. The molecule has 1 heterocycles. The van der Waals surface area contributed by atoms with Gasteiger partial charge in [0, 0.05) is 13.1 Å². The fraction of sp³-hybridized carbons (Fsp3) is 0.800. The van der Waals surface area contributed by atoms with E-state index in [2.05, 4.69) is 0 Å². The molecule has 1 amide bonds. The fourth-order valence-electron chi connectivity index (χ4n) is 1.19. The number of hydrogen-bond acceptors (Lipinski definition) is 2. The zero-order chi connectivity index (χ0) is 9.35. The summed E-state index contributed by atoms with van der Waals surface area (Å²) in [6.07, 6.45) is -0.885. The number of primary amides is 1. The maximum absolute atomic E-state index is 11.8. The van der Waals surface area contributed by atoms with E-state index in [-0.39, 0.29) is 70.4 Å². The molecule has 1 aliphatic heterocycles. The van der Waals surface area contributed by atoms with Gasteiger partial charge in [0.05, 0.1) is 5.92 Å². The van der Waals surface area contributed by atoms with Crippen LogP contribution < -0.4 is 57.1 Å². The quantitative estimate of drug-likeness (QED) is 0.509. The SMILES string of the molecule is NC(=O)C1CN(C[B-](F)(F)F)C1.[K+]. The molecule has 70 valence electrons. The van der Waals surface area contributed by atoms with Gasteiger partial charge in [-0.1, -0.05) is 0 Å². The van der Waals surface area contributed by atoms with Gasteiger partial charge >= 0.3 is 58.4 Å². The van der Waals surface area contributed by atoms with E-state index in [4.69, 9.17) is 5.73 Å². The van der Waals surface area contributed by atoms with E-state index in [9.17, 15) is 17.7 Å². The molecule has 0 radical (unpaired) electrons. The van der Waals surface area contributed by atoms with E-state index in [1.165, 1.54) is 4.90 Å². The van der Waals surface area contributed by atoms with Crippen molar-refractivity contribution in [3.63, 3.8) is 0 Å². The Morgan fingerprint density at radius 1 is 1.46 bits per heavy atom. The Morgan fingerprint density at radius 3 is 2.23 bits per heavy atom. The van der Waals surface area contributed by atoms with Crippen LogP contribution in [-0.4, -0.2) is 37.3 Å². The molecule has 1 fully saturated rings. The normalized spacial score (nSPS) is 19.0. The minimum atomic E-state index is -4.76. The predicted octanol–water partition coefficient (Wildman–Crippen LogP) is -3.21. The van der Waals surface area contributed by atoms with Gasteiger partial charge in [0.25, 0.3) is 0 Å². The molecular formula is C5H9BF3KN2O. The average molecular weight is 220 g/mol. The molecular weight excluding hydrogens is 211 g/mol. The summed E-state index contributed by atoms with van der Waals surface area (Å²) >= 11 is 0. The standard InChI is InChI=1S/C5H9BF3N2O.K/c7-6(8,9)3-11-1-4(2-11)5(10)12;/h4H,1-3H2,(H2,10,12);/q-1;+1. The van der Waals surface area contributed by atoms with Crippen molar-refractivity contribution in [2.45, 2.75) is 0 Å². The van der Waals surface area contributed by atoms with Crippen molar-refractivity contribution in [1.29, 1.82) is 0 Å². The number of nitrogens with two attached hydrogens (primary N) is 1. The van der Waals surface area contributed by atoms with E-state index >= 15 is 0 Å². The molecule has 2 N–H and O–H groups in total. The van der Waals surface area contributed by atoms with E-state index in [0.717, 1.165) is 0 Å². The van der Waals surface area contributed by atoms with Crippen LogP contribution in [0.2, 0.25) is 0 Å². The van der Waals surface area contributed by atoms with Crippen molar-refractivity contribution in [2.75, 3.05) is 19.5 Å². The van der Waals surface area contributed by atoms with Crippen molar-refractivity contribution >= 4 is 12.9 Å². The Balaban J connectivity index is 0.00000144. The molecule has 13 heavy (non-hydrogen) atoms. The number of carbonyl (C=O) groups excluding carboxylic acids is 1.